The van der Waals surface area contributed by atoms with Crippen LogP contribution in [-0.2, 0) is 16.3 Å². The number of aliphatic hydroxyl groups excluding tert-OH is 1. The zero-order valence-electron chi connectivity index (χ0n) is 10.8. The smallest absolute Gasteiger partial charge is 0.147 e. The topological polar surface area (TPSA) is 63.6 Å². The molecule has 0 bridgehead atoms. The lowest BCUT2D eigenvalue weighted by Crippen LogP contribution is -2.15. The van der Waals surface area contributed by atoms with E-state index in [2.05, 4.69) is 0 Å². The second-order valence-electron chi connectivity index (χ2n) is 4.52. The summed E-state index contributed by atoms with van der Waals surface area (Å²) in [5.74, 6) is 0.887. The predicted octanol–water partition coefficient (Wildman–Crippen LogP) is 1.28. The molecule has 0 aliphatic heterocycles. The molecule has 0 radical (unpaired) electrons. The van der Waals surface area contributed by atoms with Gasteiger partial charge in [0.2, 0.25) is 0 Å². The first-order valence-corrected chi connectivity index (χ1v) is 7.92. The second-order valence-corrected chi connectivity index (χ2v) is 6.78. The summed E-state index contributed by atoms with van der Waals surface area (Å²) in [6.07, 6.45) is 2.38. The van der Waals surface area contributed by atoms with E-state index < -0.39 is 9.84 Å². The van der Waals surface area contributed by atoms with Crippen molar-refractivity contribution in [1.29, 1.82) is 0 Å². The summed E-state index contributed by atoms with van der Waals surface area (Å²) in [5.41, 5.74) is 1.07. The van der Waals surface area contributed by atoms with E-state index in [1.165, 1.54) is 6.26 Å². The average molecular weight is 272 g/mol. The van der Waals surface area contributed by atoms with Crippen LogP contribution in [0.4, 0.5) is 0 Å². The second kappa shape index (κ2) is 6.75. The third-order valence-corrected chi connectivity index (χ3v) is 3.82. The molecule has 1 aromatic rings. The van der Waals surface area contributed by atoms with Gasteiger partial charge >= 0.3 is 0 Å². The van der Waals surface area contributed by atoms with Gasteiger partial charge in [-0.1, -0.05) is 12.1 Å². The van der Waals surface area contributed by atoms with Crippen molar-refractivity contribution in [2.75, 3.05) is 25.7 Å². The van der Waals surface area contributed by atoms with E-state index >= 15 is 0 Å². The van der Waals surface area contributed by atoms with Gasteiger partial charge in [0.15, 0.2) is 0 Å². The first kappa shape index (κ1) is 15.0. The van der Waals surface area contributed by atoms with Crippen LogP contribution in [0, 0.1) is 5.92 Å². The maximum atomic E-state index is 11.1. The van der Waals surface area contributed by atoms with Crippen molar-refractivity contribution in [1.82, 2.24) is 0 Å². The fourth-order valence-electron chi connectivity index (χ4n) is 1.73. The molecule has 0 aliphatic rings. The van der Waals surface area contributed by atoms with Crippen molar-refractivity contribution in [3.05, 3.63) is 29.8 Å². The lowest BCUT2D eigenvalue weighted by molar-refractivity contribution is 0.222. The van der Waals surface area contributed by atoms with Crippen molar-refractivity contribution in [2.45, 2.75) is 12.8 Å². The van der Waals surface area contributed by atoms with Gasteiger partial charge in [-0.3, -0.25) is 0 Å². The van der Waals surface area contributed by atoms with Crippen LogP contribution in [0.3, 0.4) is 0 Å². The highest BCUT2D eigenvalue weighted by molar-refractivity contribution is 7.90. The number of sulfone groups is 1. The zero-order valence-corrected chi connectivity index (χ0v) is 11.6. The Morgan fingerprint density at radius 3 is 2.33 bits per heavy atom. The number of aliphatic hydroxyl groups is 1. The van der Waals surface area contributed by atoms with Gasteiger partial charge in [0.25, 0.3) is 0 Å². The van der Waals surface area contributed by atoms with Crippen LogP contribution in [0.1, 0.15) is 12.0 Å². The molecule has 5 heteroatoms. The molecule has 0 amide bonds. The molecular weight excluding hydrogens is 252 g/mol. The van der Waals surface area contributed by atoms with Crippen molar-refractivity contribution >= 4 is 9.84 Å². The standard InChI is InChI=1S/C13H20O4S/c1-17-13-5-3-11(4-6-13)9-12(10-14)7-8-18(2,15)16/h3-6,12,14H,7-10H2,1-2H3. The van der Waals surface area contributed by atoms with Crippen molar-refractivity contribution < 1.29 is 18.3 Å². The number of ether oxygens (including phenoxy) is 1. The fourth-order valence-corrected chi connectivity index (χ4v) is 2.50. The van der Waals surface area contributed by atoms with Crippen LogP contribution in [0.15, 0.2) is 24.3 Å². The molecule has 0 aliphatic carbocycles. The van der Waals surface area contributed by atoms with Crippen LogP contribution in [-0.4, -0.2) is 39.2 Å². The Morgan fingerprint density at radius 2 is 1.89 bits per heavy atom. The largest absolute Gasteiger partial charge is 0.497 e. The van der Waals surface area contributed by atoms with Gasteiger partial charge in [-0.2, -0.15) is 0 Å². The van der Waals surface area contributed by atoms with Crippen molar-refractivity contribution in [3.8, 4) is 5.75 Å². The van der Waals surface area contributed by atoms with E-state index in [0.29, 0.717) is 12.8 Å². The van der Waals surface area contributed by atoms with E-state index in [0.717, 1.165) is 11.3 Å². The quantitative estimate of drug-likeness (QED) is 0.812. The van der Waals surface area contributed by atoms with Gasteiger partial charge in [-0.25, -0.2) is 8.42 Å². The van der Waals surface area contributed by atoms with Gasteiger partial charge in [-0.15, -0.1) is 0 Å². The Balaban J connectivity index is 2.56. The maximum absolute atomic E-state index is 11.1. The molecule has 0 aromatic heterocycles. The van der Waals surface area contributed by atoms with Crippen LogP contribution >= 0.6 is 0 Å². The monoisotopic (exact) mass is 272 g/mol. The summed E-state index contributed by atoms with van der Waals surface area (Å²) < 4.78 is 27.2. The molecule has 0 saturated heterocycles. The lowest BCUT2D eigenvalue weighted by atomic mass is 9.98. The number of hydrogen-bond donors (Lipinski definition) is 1. The minimum atomic E-state index is -2.96. The lowest BCUT2D eigenvalue weighted by Gasteiger charge is -2.13. The highest BCUT2D eigenvalue weighted by Crippen LogP contribution is 2.16. The zero-order chi connectivity index (χ0) is 13.6. The highest BCUT2D eigenvalue weighted by Gasteiger charge is 2.12. The summed E-state index contributed by atoms with van der Waals surface area (Å²) in [7, 11) is -1.35. The molecule has 0 spiro atoms. The van der Waals surface area contributed by atoms with Gasteiger partial charge in [0.05, 0.1) is 12.9 Å². The number of rotatable bonds is 7. The third kappa shape index (κ3) is 5.51. The molecule has 0 heterocycles. The number of hydrogen-bond acceptors (Lipinski definition) is 4. The van der Waals surface area contributed by atoms with Crippen molar-refractivity contribution in [2.24, 2.45) is 5.92 Å². The van der Waals surface area contributed by atoms with Gasteiger partial charge < -0.3 is 9.84 Å². The third-order valence-electron chi connectivity index (χ3n) is 2.84. The van der Waals surface area contributed by atoms with Crippen LogP contribution in [0.25, 0.3) is 0 Å². The summed E-state index contributed by atoms with van der Waals surface area (Å²) in [5, 5.41) is 9.27. The molecule has 0 fully saturated rings. The summed E-state index contributed by atoms with van der Waals surface area (Å²) in [6.45, 7) is 0.00154. The molecule has 102 valence electrons. The van der Waals surface area contributed by atoms with Gasteiger partial charge in [0, 0.05) is 12.9 Å². The SMILES string of the molecule is COc1ccc(CC(CO)CCS(C)(=O)=O)cc1. The van der Waals surface area contributed by atoms with Crippen LogP contribution in [0.5, 0.6) is 5.75 Å². The molecule has 1 unspecified atom stereocenters. The Bertz CT molecular complexity index is 450. The Hall–Kier alpha value is -1.07. The molecule has 4 nitrogen and oxygen atoms in total. The van der Waals surface area contributed by atoms with E-state index in [4.69, 9.17) is 4.74 Å². The summed E-state index contributed by atoms with van der Waals surface area (Å²) in [4.78, 5) is 0. The Labute approximate surface area is 109 Å². The fraction of sp³-hybridized carbons (Fsp3) is 0.538. The van der Waals surface area contributed by atoms with E-state index in [1.807, 2.05) is 24.3 Å². The van der Waals surface area contributed by atoms with Gasteiger partial charge in [0.1, 0.15) is 15.6 Å². The highest BCUT2D eigenvalue weighted by atomic mass is 32.2. The van der Waals surface area contributed by atoms with E-state index in [1.54, 1.807) is 7.11 Å². The van der Waals surface area contributed by atoms with Gasteiger partial charge in [-0.05, 0) is 36.5 Å². The molecule has 1 atom stereocenters. The molecule has 1 aromatic carbocycles. The Kier molecular flexibility index (Phi) is 5.62. The first-order valence-electron chi connectivity index (χ1n) is 5.86. The van der Waals surface area contributed by atoms with Crippen LogP contribution < -0.4 is 4.74 Å². The first-order chi connectivity index (χ1) is 8.44. The summed E-state index contributed by atoms with van der Waals surface area (Å²) in [6, 6.07) is 7.59. The minimum Gasteiger partial charge on any atom is -0.497 e. The summed E-state index contributed by atoms with van der Waals surface area (Å²) >= 11 is 0. The van der Waals surface area contributed by atoms with E-state index in [9.17, 15) is 13.5 Å². The van der Waals surface area contributed by atoms with E-state index in [-0.39, 0.29) is 18.3 Å². The maximum Gasteiger partial charge on any atom is 0.147 e. The molecular formula is C13H20O4S. The predicted molar refractivity (Wildman–Crippen MR) is 71.6 cm³/mol. The molecule has 1 rings (SSSR count). The van der Waals surface area contributed by atoms with Crippen molar-refractivity contribution in [3.63, 3.8) is 0 Å². The number of methoxy groups -OCH3 is 1. The van der Waals surface area contributed by atoms with Crippen LogP contribution in [0.2, 0.25) is 0 Å². The molecule has 1 N–H and O–H groups in total. The Morgan fingerprint density at radius 1 is 1.28 bits per heavy atom. The normalized spacial score (nSPS) is 13.3. The molecule has 0 saturated carbocycles. The average Bonchev–Trinajstić information content (AvgIpc) is 2.34. The number of benzene rings is 1. The molecule has 18 heavy (non-hydrogen) atoms. The minimum absolute atomic E-state index is 0.00154.